The van der Waals surface area contributed by atoms with Gasteiger partial charge in [0.05, 0.1) is 34.1 Å². The van der Waals surface area contributed by atoms with Crippen molar-refractivity contribution in [1.82, 2.24) is 19.3 Å². The zero-order chi connectivity index (χ0) is 42.0. The molecule has 0 saturated heterocycles. The van der Waals surface area contributed by atoms with Crippen LogP contribution >= 0.6 is 0 Å². The number of nitrogens with one attached hydrogen (secondary N) is 2. The highest BCUT2D eigenvalue weighted by Gasteiger charge is 2.28. The van der Waals surface area contributed by atoms with Crippen LogP contribution in [0.25, 0.3) is 33.5 Å². The van der Waals surface area contributed by atoms with Crippen molar-refractivity contribution >= 4 is 38.7 Å². The number of ether oxygens (including phenoxy) is 2. The number of aromatic nitrogens is 3. The first-order valence-corrected chi connectivity index (χ1v) is 19.8. The summed E-state index contributed by atoms with van der Waals surface area (Å²) in [6, 6.07) is 22.3. The van der Waals surface area contributed by atoms with E-state index >= 15 is 8.78 Å². The quantitative estimate of drug-likeness (QED) is 0.103. The van der Waals surface area contributed by atoms with E-state index < -0.39 is 44.9 Å². The lowest BCUT2D eigenvalue weighted by Gasteiger charge is -2.19. The molecular formula is C43H43F2N5O7S. The molecular weight excluding hydrogens is 769 g/mol. The van der Waals surface area contributed by atoms with Crippen molar-refractivity contribution in [3.05, 3.63) is 126 Å². The summed E-state index contributed by atoms with van der Waals surface area (Å²) in [5.41, 5.74) is -0.443. The molecule has 0 saturated carbocycles. The summed E-state index contributed by atoms with van der Waals surface area (Å²) in [6.07, 6.45) is 1.16. The van der Waals surface area contributed by atoms with Gasteiger partial charge in [0.1, 0.15) is 29.3 Å². The number of anilines is 1. The van der Waals surface area contributed by atoms with Crippen LogP contribution in [0.3, 0.4) is 0 Å². The predicted octanol–water partition coefficient (Wildman–Crippen LogP) is 8.36. The molecule has 0 unspecified atom stereocenters. The Morgan fingerprint density at radius 2 is 1.60 bits per heavy atom. The largest absolute Gasteiger partial charge is 0.494 e. The predicted molar refractivity (Wildman–Crippen MR) is 216 cm³/mol. The van der Waals surface area contributed by atoms with Gasteiger partial charge in [-0.2, -0.15) is 0 Å². The van der Waals surface area contributed by atoms with Gasteiger partial charge in [-0.1, -0.05) is 24.3 Å². The highest BCUT2D eigenvalue weighted by atomic mass is 32.2. The number of alkyl carbamates (subject to hydrolysis) is 1. The second-order valence-electron chi connectivity index (χ2n) is 15.1. The number of nitrogens with zero attached hydrogens (tertiary/aromatic N) is 3. The van der Waals surface area contributed by atoms with Crippen LogP contribution in [0.5, 0.6) is 5.75 Å². The molecule has 0 aliphatic carbocycles. The number of benzene rings is 4. The van der Waals surface area contributed by atoms with Gasteiger partial charge in [0.15, 0.2) is 5.65 Å². The molecule has 2 heterocycles. The maximum Gasteiger partial charge on any atom is 0.407 e. The maximum atomic E-state index is 15.4. The second-order valence-corrected chi connectivity index (χ2v) is 16.8. The molecule has 0 aliphatic rings. The molecule has 12 nitrogen and oxygen atoms in total. The third kappa shape index (κ3) is 9.16. The Balaban J connectivity index is 1.35. The number of halogens is 2. The van der Waals surface area contributed by atoms with E-state index in [1.807, 2.05) is 0 Å². The van der Waals surface area contributed by atoms with Gasteiger partial charge in [0, 0.05) is 23.2 Å². The number of aliphatic hydroxyl groups is 1. The van der Waals surface area contributed by atoms with Crippen molar-refractivity contribution in [2.24, 2.45) is 0 Å². The number of carbonyl (C=O) groups excluding carboxylic acids is 2. The van der Waals surface area contributed by atoms with E-state index in [-0.39, 0.29) is 56.3 Å². The minimum Gasteiger partial charge on any atom is -0.494 e. The second kappa shape index (κ2) is 16.3. The van der Waals surface area contributed by atoms with Crippen LogP contribution in [-0.4, -0.2) is 58.2 Å². The number of carbonyl (C=O) groups is 2. The molecule has 3 N–H and O–H groups in total. The number of fused-ring (bicyclic) bond motifs is 1. The van der Waals surface area contributed by atoms with E-state index in [2.05, 4.69) is 20.6 Å². The lowest BCUT2D eigenvalue weighted by atomic mass is 9.96. The highest BCUT2D eigenvalue weighted by molar-refractivity contribution is 7.90. The van der Waals surface area contributed by atoms with Gasteiger partial charge in [-0.25, -0.2) is 35.9 Å². The molecule has 6 rings (SSSR count). The van der Waals surface area contributed by atoms with E-state index in [1.54, 1.807) is 76.2 Å². The van der Waals surface area contributed by atoms with Crippen molar-refractivity contribution in [3.8, 4) is 28.3 Å². The number of amides is 2. The highest BCUT2D eigenvalue weighted by Crippen LogP contribution is 2.38. The molecule has 6 aromatic rings. The van der Waals surface area contributed by atoms with E-state index in [0.29, 0.717) is 29.8 Å². The Morgan fingerprint density at radius 1 is 0.897 bits per heavy atom. The fourth-order valence-corrected chi connectivity index (χ4v) is 7.66. The summed E-state index contributed by atoms with van der Waals surface area (Å²) < 4.78 is 71.4. The van der Waals surface area contributed by atoms with Crippen LogP contribution in [0.2, 0.25) is 0 Å². The molecule has 2 aromatic heterocycles. The first kappa shape index (κ1) is 41.4. The summed E-state index contributed by atoms with van der Waals surface area (Å²) in [5.74, 6) is -1.95. The molecule has 0 fully saturated rings. The Hall–Kier alpha value is -6.19. The number of rotatable bonds is 12. The summed E-state index contributed by atoms with van der Waals surface area (Å²) in [6.45, 7) is 10.6. The van der Waals surface area contributed by atoms with Gasteiger partial charge >= 0.3 is 6.09 Å². The van der Waals surface area contributed by atoms with Gasteiger partial charge in [0.25, 0.3) is 15.9 Å². The summed E-state index contributed by atoms with van der Waals surface area (Å²) in [4.78, 5) is 34.1. The van der Waals surface area contributed by atoms with E-state index in [0.717, 1.165) is 16.1 Å². The topological polar surface area (TPSA) is 162 Å². The van der Waals surface area contributed by atoms with Crippen LogP contribution in [0.4, 0.5) is 19.3 Å². The van der Waals surface area contributed by atoms with Crippen LogP contribution in [0, 0.1) is 18.6 Å². The maximum absolute atomic E-state index is 15.4. The zero-order valence-electron chi connectivity index (χ0n) is 32.8. The molecule has 0 atom stereocenters. The lowest BCUT2D eigenvalue weighted by Crippen LogP contribution is -2.33. The van der Waals surface area contributed by atoms with Crippen LogP contribution in [-0.2, 0) is 20.4 Å². The third-order valence-corrected chi connectivity index (χ3v) is 10.8. The fraction of sp³-hybridized carbons (Fsp3) is 0.256. The lowest BCUT2D eigenvalue weighted by molar-refractivity contribution is 0.0525. The molecule has 0 bridgehead atoms. The van der Waals surface area contributed by atoms with Gasteiger partial charge < -0.3 is 25.2 Å². The van der Waals surface area contributed by atoms with E-state index in [1.165, 1.54) is 50.5 Å². The first-order chi connectivity index (χ1) is 27.3. The molecule has 4 aromatic carbocycles. The number of hydrogen-bond acceptors (Lipinski definition) is 9. The van der Waals surface area contributed by atoms with E-state index in [4.69, 9.17) is 9.47 Å². The van der Waals surface area contributed by atoms with E-state index in [9.17, 15) is 23.1 Å². The molecule has 58 heavy (non-hydrogen) atoms. The SMILES string of the molecule is Cc1c(NC(=O)c2ccc(C(C)(C)O)cc2F)cc(F)cc1-c1ncnc2c1cc(-c1ccc(OCCCNC(=O)OC(C)(C)C)cc1)n2S(=O)(=O)c1ccccc1. The summed E-state index contributed by atoms with van der Waals surface area (Å²) in [5, 5.41) is 15.8. The van der Waals surface area contributed by atoms with Crippen molar-refractivity contribution in [2.45, 2.75) is 64.1 Å². The monoisotopic (exact) mass is 811 g/mol. The minimum absolute atomic E-state index is 0.00334. The zero-order valence-corrected chi connectivity index (χ0v) is 33.6. The normalized spacial score (nSPS) is 12.0. The Morgan fingerprint density at radius 3 is 2.26 bits per heavy atom. The molecule has 15 heteroatoms. The van der Waals surface area contributed by atoms with Crippen LogP contribution < -0.4 is 15.4 Å². The molecule has 0 aliphatic heterocycles. The molecule has 2 amide bonds. The summed E-state index contributed by atoms with van der Waals surface area (Å²) in [7, 11) is -4.27. The number of hydrogen-bond donors (Lipinski definition) is 3. The van der Waals surface area contributed by atoms with Gasteiger partial charge in [0.2, 0.25) is 0 Å². The Labute approximate surface area is 334 Å². The Kier molecular flexibility index (Phi) is 11.7. The van der Waals surface area contributed by atoms with Crippen molar-refractivity contribution in [1.29, 1.82) is 0 Å². The van der Waals surface area contributed by atoms with Gasteiger partial charge in [-0.05, 0) is 131 Å². The standard InChI is InChI=1S/C43H43F2N5O7S/c1-26-33(22-29(44)23-36(26)49-40(51)32-18-15-28(21-35(32)45)43(5,6)53)38-34-24-37(50(39(34)48-25-47-38)58(54,55)31-11-8-7-9-12-31)27-13-16-30(17-14-27)56-20-10-19-46-41(52)57-42(2,3)4/h7-9,11-18,21-25,53H,10,19-20H2,1-6H3,(H,46,52)(H,49,51). The van der Waals surface area contributed by atoms with Crippen LogP contribution in [0.1, 0.15) is 62.5 Å². The molecule has 0 spiro atoms. The van der Waals surface area contributed by atoms with Crippen molar-refractivity contribution in [3.63, 3.8) is 0 Å². The average molecular weight is 812 g/mol. The first-order valence-electron chi connectivity index (χ1n) is 18.3. The molecule has 302 valence electrons. The molecule has 0 radical (unpaired) electrons. The van der Waals surface area contributed by atoms with Gasteiger partial charge in [-0.15, -0.1) is 0 Å². The Bertz CT molecular complexity index is 2600. The van der Waals surface area contributed by atoms with Gasteiger partial charge in [-0.3, -0.25) is 4.79 Å². The smallest absolute Gasteiger partial charge is 0.407 e. The fourth-order valence-electron chi connectivity index (χ4n) is 6.16. The minimum atomic E-state index is -4.27. The van der Waals surface area contributed by atoms with Crippen molar-refractivity contribution < 1.29 is 41.4 Å². The average Bonchev–Trinajstić information content (AvgIpc) is 3.56. The van der Waals surface area contributed by atoms with Crippen LogP contribution in [0.15, 0.2) is 102 Å². The van der Waals surface area contributed by atoms with Crippen molar-refractivity contribution in [2.75, 3.05) is 18.5 Å². The third-order valence-electron chi connectivity index (χ3n) is 9.04. The summed E-state index contributed by atoms with van der Waals surface area (Å²) >= 11 is 0.